The molecule has 0 aromatic heterocycles. The van der Waals surface area contributed by atoms with Gasteiger partial charge in [-0.15, -0.1) is 0 Å². The lowest BCUT2D eigenvalue weighted by atomic mass is 9.99. The molecule has 0 aromatic carbocycles. The minimum Gasteiger partial charge on any atom is -0.480 e. The van der Waals surface area contributed by atoms with Gasteiger partial charge >= 0.3 is 5.97 Å². The van der Waals surface area contributed by atoms with Crippen molar-refractivity contribution in [2.75, 3.05) is 0 Å². The van der Waals surface area contributed by atoms with Gasteiger partial charge in [-0.25, -0.2) is 4.79 Å². The summed E-state index contributed by atoms with van der Waals surface area (Å²) in [6.07, 6.45) is 0.325. The Bertz CT molecular complexity index is 422. The third kappa shape index (κ3) is 7.45. The zero-order chi connectivity index (χ0) is 18.3. The molecule has 0 rings (SSSR count). The van der Waals surface area contributed by atoms with E-state index in [1.165, 1.54) is 0 Å². The van der Waals surface area contributed by atoms with Crippen LogP contribution in [0.15, 0.2) is 0 Å². The molecule has 7 heteroatoms. The van der Waals surface area contributed by atoms with Gasteiger partial charge < -0.3 is 21.5 Å². The Morgan fingerprint density at radius 1 is 0.913 bits per heavy atom. The highest BCUT2D eigenvalue weighted by Crippen LogP contribution is 2.08. The van der Waals surface area contributed by atoms with Crippen LogP contribution in [0.4, 0.5) is 0 Å². The molecule has 0 spiro atoms. The molecule has 0 aliphatic carbocycles. The minimum absolute atomic E-state index is 0.0569. The average molecular weight is 329 g/mol. The van der Waals surface area contributed by atoms with Crippen molar-refractivity contribution >= 4 is 17.8 Å². The van der Waals surface area contributed by atoms with E-state index in [-0.39, 0.29) is 17.8 Å². The Kier molecular flexibility index (Phi) is 8.82. The molecule has 0 aromatic rings. The van der Waals surface area contributed by atoms with Gasteiger partial charge in [0.25, 0.3) is 0 Å². The second-order valence-corrected chi connectivity index (χ2v) is 7.03. The molecule has 2 amide bonds. The number of aliphatic carboxylic acids is 1. The van der Waals surface area contributed by atoms with E-state index < -0.39 is 35.9 Å². The fraction of sp³-hybridized carbons (Fsp3) is 0.812. The fourth-order valence-corrected chi connectivity index (χ4v) is 2.04. The van der Waals surface area contributed by atoms with Gasteiger partial charge in [0.15, 0.2) is 0 Å². The first kappa shape index (κ1) is 21.4. The summed E-state index contributed by atoms with van der Waals surface area (Å²) in [6, 6.07) is -2.50. The predicted molar refractivity (Wildman–Crippen MR) is 88.6 cm³/mol. The van der Waals surface area contributed by atoms with Crippen molar-refractivity contribution in [1.82, 2.24) is 10.6 Å². The fourth-order valence-electron chi connectivity index (χ4n) is 2.04. The smallest absolute Gasteiger partial charge is 0.326 e. The molecule has 0 unspecified atom stereocenters. The number of rotatable bonds is 9. The van der Waals surface area contributed by atoms with Gasteiger partial charge in [0, 0.05) is 0 Å². The van der Waals surface area contributed by atoms with Crippen LogP contribution in [0.1, 0.15) is 48.0 Å². The summed E-state index contributed by atoms with van der Waals surface area (Å²) in [7, 11) is 0. The molecule has 7 nitrogen and oxygen atoms in total. The van der Waals surface area contributed by atoms with E-state index in [0.29, 0.717) is 6.42 Å². The normalized spacial score (nSPS) is 15.4. The number of carbonyl (C=O) groups excluding carboxylic acids is 2. The van der Waals surface area contributed by atoms with Crippen LogP contribution >= 0.6 is 0 Å². The minimum atomic E-state index is -1.08. The number of amides is 2. The van der Waals surface area contributed by atoms with Crippen LogP contribution < -0.4 is 16.4 Å². The quantitative estimate of drug-likeness (QED) is 0.497. The standard InChI is InChI=1S/C16H31N3O4/c1-8(2)7-11(16(22)23)18-15(21)13(10(5)6)19-14(20)12(17)9(3)4/h8-13H,7,17H2,1-6H3,(H,18,21)(H,19,20)(H,22,23)/t11-,12-,13-/m0/s1. The molecular weight excluding hydrogens is 298 g/mol. The van der Waals surface area contributed by atoms with Gasteiger partial charge in [0.1, 0.15) is 12.1 Å². The van der Waals surface area contributed by atoms with Gasteiger partial charge in [0.05, 0.1) is 6.04 Å². The monoisotopic (exact) mass is 329 g/mol. The topological polar surface area (TPSA) is 122 Å². The van der Waals surface area contributed by atoms with Gasteiger partial charge in [-0.05, 0) is 24.2 Å². The van der Waals surface area contributed by atoms with E-state index >= 15 is 0 Å². The van der Waals surface area contributed by atoms with Crippen molar-refractivity contribution in [3.8, 4) is 0 Å². The van der Waals surface area contributed by atoms with Crippen molar-refractivity contribution < 1.29 is 19.5 Å². The molecule has 0 aliphatic rings. The highest BCUT2D eigenvalue weighted by atomic mass is 16.4. The first-order valence-electron chi connectivity index (χ1n) is 8.06. The van der Waals surface area contributed by atoms with E-state index in [1.54, 1.807) is 13.8 Å². The summed E-state index contributed by atoms with van der Waals surface area (Å²) < 4.78 is 0. The van der Waals surface area contributed by atoms with Crippen molar-refractivity contribution in [3.63, 3.8) is 0 Å². The molecule has 5 N–H and O–H groups in total. The van der Waals surface area contributed by atoms with E-state index in [1.807, 2.05) is 27.7 Å². The zero-order valence-electron chi connectivity index (χ0n) is 14.9. The average Bonchev–Trinajstić information content (AvgIpc) is 2.41. The number of carboxylic acids is 1. The molecule has 0 aliphatic heterocycles. The lowest BCUT2D eigenvalue weighted by Gasteiger charge is -2.26. The van der Waals surface area contributed by atoms with Crippen LogP contribution in [0.3, 0.4) is 0 Å². The molecular formula is C16H31N3O4. The van der Waals surface area contributed by atoms with Crippen LogP contribution in [0.25, 0.3) is 0 Å². The molecule has 23 heavy (non-hydrogen) atoms. The number of nitrogens with one attached hydrogen (secondary N) is 2. The SMILES string of the molecule is CC(C)C[C@H](NC(=O)[C@@H](NC(=O)[C@@H](N)C(C)C)C(C)C)C(=O)O. The van der Waals surface area contributed by atoms with Crippen LogP contribution in [0.2, 0.25) is 0 Å². The number of hydrogen-bond donors (Lipinski definition) is 4. The van der Waals surface area contributed by atoms with E-state index in [9.17, 15) is 19.5 Å². The third-order valence-electron chi connectivity index (χ3n) is 3.59. The number of nitrogens with two attached hydrogens (primary N) is 1. The summed E-state index contributed by atoms with van der Waals surface area (Å²) in [4.78, 5) is 35.7. The van der Waals surface area contributed by atoms with E-state index in [2.05, 4.69) is 10.6 Å². The maximum atomic E-state index is 12.4. The van der Waals surface area contributed by atoms with Crippen molar-refractivity contribution in [3.05, 3.63) is 0 Å². The molecule has 134 valence electrons. The van der Waals surface area contributed by atoms with Gasteiger partial charge in [-0.3, -0.25) is 9.59 Å². The summed E-state index contributed by atoms with van der Waals surface area (Å²) in [5, 5.41) is 14.3. The first-order valence-corrected chi connectivity index (χ1v) is 8.06. The molecule has 0 radical (unpaired) electrons. The lowest BCUT2D eigenvalue weighted by Crippen LogP contribution is -2.57. The Balaban J connectivity index is 4.98. The summed E-state index contributed by atoms with van der Waals surface area (Å²) in [5.41, 5.74) is 5.79. The molecule has 0 fully saturated rings. The first-order chi connectivity index (χ1) is 10.5. The van der Waals surface area contributed by atoms with Crippen LogP contribution in [-0.4, -0.2) is 41.0 Å². The van der Waals surface area contributed by atoms with Crippen molar-refractivity contribution in [1.29, 1.82) is 0 Å². The Morgan fingerprint density at radius 3 is 1.78 bits per heavy atom. The summed E-state index contributed by atoms with van der Waals surface area (Å²) >= 11 is 0. The van der Waals surface area contributed by atoms with Crippen molar-refractivity contribution in [2.24, 2.45) is 23.5 Å². The highest BCUT2D eigenvalue weighted by molar-refractivity contribution is 5.92. The molecule has 0 saturated carbocycles. The molecule has 3 atom stereocenters. The lowest BCUT2D eigenvalue weighted by molar-refractivity contribution is -0.143. The van der Waals surface area contributed by atoms with Crippen LogP contribution in [-0.2, 0) is 14.4 Å². The zero-order valence-corrected chi connectivity index (χ0v) is 14.9. The maximum absolute atomic E-state index is 12.4. The number of hydrogen-bond acceptors (Lipinski definition) is 4. The maximum Gasteiger partial charge on any atom is 0.326 e. The second kappa shape index (κ2) is 9.50. The van der Waals surface area contributed by atoms with Gasteiger partial charge in [0.2, 0.25) is 11.8 Å². The predicted octanol–water partition coefficient (Wildman–Crippen LogP) is 0.726. The number of carboxylic acid groups (broad SMARTS) is 1. The largest absolute Gasteiger partial charge is 0.480 e. The number of carbonyl (C=O) groups is 3. The molecule has 0 bridgehead atoms. The third-order valence-corrected chi connectivity index (χ3v) is 3.59. The van der Waals surface area contributed by atoms with E-state index in [0.717, 1.165) is 0 Å². The Hall–Kier alpha value is -1.63. The van der Waals surface area contributed by atoms with Crippen molar-refractivity contribution in [2.45, 2.75) is 66.1 Å². The highest BCUT2D eigenvalue weighted by Gasteiger charge is 2.30. The molecule has 0 heterocycles. The van der Waals surface area contributed by atoms with Crippen LogP contribution in [0, 0.1) is 17.8 Å². The Morgan fingerprint density at radius 2 is 1.43 bits per heavy atom. The van der Waals surface area contributed by atoms with Gasteiger partial charge in [-0.2, -0.15) is 0 Å². The summed E-state index contributed by atoms with van der Waals surface area (Å²) in [6.45, 7) is 11.0. The van der Waals surface area contributed by atoms with Crippen LogP contribution in [0.5, 0.6) is 0 Å². The molecule has 0 saturated heterocycles. The second-order valence-electron chi connectivity index (χ2n) is 7.03. The van der Waals surface area contributed by atoms with Gasteiger partial charge in [-0.1, -0.05) is 41.5 Å². The Labute approximate surface area is 138 Å². The summed E-state index contributed by atoms with van der Waals surface area (Å²) in [5.74, 6) is -2.12. The van der Waals surface area contributed by atoms with E-state index in [4.69, 9.17) is 5.73 Å².